The molecule has 1 aromatic rings. The first-order valence-corrected chi connectivity index (χ1v) is 8.67. The Kier molecular flexibility index (Phi) is 3.26. The Morgan fingerprint density at radius 2 is 1.65 bits per heavy atom. The number of fused-ring (bicyclic) bond motifs is 1. The Labute approximate surface area is 129 Å². The summed E-state index contributed by atoms with van der Waals surface area (Å²) in [6.45, 7) is 0. The van der Waals surface area contributed by atoms with Crippen LogP contribution in [-0.2, 0) is 18.4 Å². The number of hydrogen-bond donors (Lipinski definition) is 0. The van der Waals surface area contributed by atoms with E-state index in [1.54, 1.807) is 6.07 Å². The zero-order chi connectivity index (χ0) is 12.4. The van der Waals surface area contributed by atoms with E-state index in [9.17, 15) is 4.57 Å². The lowest BCUT2D eigenvalue weighted by atomic mass is 10.3. The topological polar surface area (TPSA) is 51.2 Å². The van der Waals surface area contributed by atoms with Crippen molar-refractivity contribution in [1.82, 2.24) is 5.34 Å². The first-order chi connectivity index (χ1) is 7.91. The number of halogens is 4. The van der Waals surface area contributed by atoms with Crippen molar-refractivity contribution < 1.29 is 18.4 Å². The van der Waals surface area contributed by atoms with E-state index in [1.807, 2.05) is 0 Å². The molecule has 0 atom stereocenters. The maximum Gasteiger partial charge on any atom is 0.538 e. The summed E-state index contributed by atoms with van der Waals surface area (Å²) >= 11 is 13.6. The third kappa shape index (κ3) is 1.98. The van der Waals surface area contributed by atoms with Crippen LogP contribution in [0, 0.1) is 0 Å². The molecule has 0 aromatic heterocycles. The minimum absolute atomic E-state index is 0.571. The van der Waals surface area contributed by atoms with E-state index in [0.29, 0.717) is 10.2 Å². The molecule has 0 amide bonds. The molecule has 3 aliphatic rings. The predicted octanol–water partition coefficient (Wildman–Crippen LogP) is 4.69. The van der Waals surface area contributed by atoms with Gasteiger partial charge in [-0.1, -0.05) is 0 Å². The molecule has 0 saturated carbocycles. The molecule has 17 heavy (non-hydrogen) atoms. The second kappa shape index (κ2) is 4.26. The van der Waals surface area contributed by atoms with Crippen LogP contribution in [0.5, 0.6) is 0 Å². The SMILES string of the molecule is O=P12ON(O1)N(c1cc(Br)c(Br)c(Br)c1Br)O2. The predicted molar refractivity (Wildman–Crippen MR) is 72.4 cm³/mol. The van der Waals surface area contributed by atoms with Gasteiger partial charge in [0.2, 0.25) is 0 Å². The standard InChI is InChI=1S/C6HBr4N2O4P/c7-2-1-3(5(9)6(10)4(2)8)11-12-15-17(13,14-11)16-12/h1H. The smallest absolute Gasteiger partial charge is 0.222 e. The maximum absolute atomic E-state index is 11.4. The number of hydrazine groups is 1. The van der Waals surface area contributed by atoms with Gasteiger partial charge in [-0.05, 0) is 69.8 Å². The van der Waals surface area contributed by atoms with Crippen LogP contribution in [0.25, 0.3) is 0 Å². The van der Waals surface area contributed by atoms with Gasteiger partial charge in [0.05, 0.1) is 9.81 Å². The molecule has 4 rings (SSSR count). The Hall–Kier alpha value is 1.01. The molecule has 3 saturated heterocycles. The van der Waals surface area contributed by atoms with E-state index in [-0.39, 0.29) is 0 Å². The van der Waals surface area contributed by atoms with Gasteiger partial charge >= 0.3 is 7.82 Å². The molecule has 0 N–H and O–H groups in total. The summed E-state index contributed by atoms with van der Waals surface area (Å²) in [5.74, 6) is 0. The van der Waals surface area contributed by atoms with Crippen molar-refractivity contribution in [2.45, 2.75) is 0 Å². The third-order valence-electron chi connectivity index (χ3n) is 1.95. The Balaban J connectivity index is 2.08. The highest BCUT2D eigenvalue weighted by Crippen LogP contribution is 2.68. The highest BCUT2D eigenvalue weighted by molar-refractivity contribution is 9.15. The maximum atomic E-state index is 11.4. The molecule has 0 spiro atoms. The minimum Gasteiger partial charge on any atom is -0.222 e. The van der Waals surface area contributed by atoms with Gasteiger partial charge < -0.3 is 0 Å². The summed E-state index contributed by atoms with van der Waals surface area (Å²) in [7, 11) is -3.39. The first kappa shape index (κ1) is 13.0. The Morgan fingerprint density at radius 3 is 2.18 bits per heavy atom. The van der Waals surface area contributed by atoms with Gasteiger partial charge in [-0.2, -0.15) is 0 Å². The summed E-state index contributed by atoms with van der Waals surface area (Å²) in [5.41, 5.74) is 0.571. The van der Waals surface area contributed by atoms with Crippen molar-refractivity contribution in [3.8, 4) is 0 Å². The van der Waals surface area contributed by atoms with E-state index < -0.39 is 7.82 Å². The van der Waals surface area contributed by atoms with E-state index >= 15 is 0 Å². The van der Waals surface area contributed by atoms with Crippen LogP contribution in [0.3, 0.4) is 0 Å². The summed E-state index contributed by atoms with van der Waals surface area (Å²) in [6, 6.07) is 1.75. The molecule has 6 nitrogen and oxygen atoms in total. The van der Waals surface area contributed by atoms with Crippen molar-refractivity contribution in [3.05, 3.63) is 24.0 Å². The second-order valence-electron chi connectivity index (χ2n) is 3.02. The van der Waals surface area contributed by atoms with Gasteiger partial charge in [0.25, 0.3) is 0 Å². The van der Waals surface area contributed by atoms with Crippen LogP contribution < -0.4 is 5.17 Å². The van der Waals surface area contributed by atoms with Crippen molar-refractivity contribution >= 4 is 77.2 Å². The van der Waals surface area contributed by atoms with Crippen molar-refractivity contribution in [3.63, 3.8) is 0 Å². The normalized spacial score (nSPS) is 30.6. The highest BCUT2D eigenvalue weighted by Gasteiger charge is 2.60. The number of anilines is 1. The molecular weight excluding hydrogens is 515 g/mol. The lowest BCUT2D eigenvalue weighted by Gasteiger charge is -2.22. The Morgan fingerprint density at radius 1 is 1.00 bits per heavy atom. The molecular formula is C6HBr4N2O4P. The molecule has 3 aliphatic heterocycles. The van der Waals surface area contributed by atoms with Crippen molar-refractivity contribution in [1.29, 1.82) is 0 Å². The largest absolute Gasteiger partial charge is 0.538 e. The van der Waals surface area contributed by atoms with Crippen molar-refractivity contribution in [2.75, 3.05) is 5.17 Å². The van der Waals surface area contributed by atoms with Gasteiger partial charge in [-0.15, -0.1) is 19.0 Å². The molecule has 0 radical (unpaired) electrons. The Bertz CT molecular complexity index is 559. The lowest BCUT2D eigenvalue weighted by Crippen LogP contribution is -2.34. The summed E-state index contributed by atoms with van der Waals surface area (Å²) in [4.78, 5) is 0. The van der Waals surface area contributed by atoms with E-state index in [2.05, 4.69) is 63.7 Å². The molecule has 2 bridgehead atoms. The fraction of sp³-hybridized carbons (Fsp3) is 0. The fourth-order valence-corrected chi connectivity index (χ4v) is 4.25. The van der Waals surface area contributed by atoms with Crippen LogP contribution in [0.4, 0.5) is 5.69 Å². The van der Waals surface area contributed by atoms with Crippen molar-refractivity contribution in [2.24, 2.45) is 0 Å². The van der Waals surface area contributed by atoms with Crippen LogP contribution in [0.15, 0.2) is 24.0 Å². The van der Waals surface area contributed by atoms with E-state index in [0.717, 1.165) is 23.9 Å². The molecule has 1 aromatic carbocycles. The minimum atomic E-state index is -3.39. The van der Waals surface area contributed by atoms with Gasteiger partial charge in [0.15, 0.2) is 0 Å². The van der Waals surface area contributed by atoms with E-state index in [1.165, 1.54) is 0 Å². The van der Waals surface area contributed by atoms with Crippen LogP contribution in [-0.4, -0.2) is 5.34 Å². The first-order valence-electron chi connectivity index (χ1n) is 4.03. The fourth-order valence-electron chi connectivity index (χ4n) is 1.23. The van der Waals surface area contributed by atoms with Gasteiger partial charge in [0, 0.05) is 13.4 Å². The number of nitrogens with zero attached hydrogens (tertiary/aromatic N) is 2. The number of phosphoric acid groups is 1. The van der Waals surface area contributed by atoms with Gasteiger partial charge in [0.1, 0.15) is 5.69 Å². The monoisotopic (exact) mass is 512 g/mol. The number of hydrogen-bond acceptors (Lipinski definition) is 6. The van der Waals surface area contributed by atoms with Gasteiger partial charge in [-0.3, -0.25) is 0 Å². The zero-order valence-electron chi connectivity index (χ0n) is 7.56. The highest BCUT2D eigenvalue weighted by atomic mass is 79.9. The van der Waals surface area contributed by atoms with E-state index in [4.69, 9.17) is 13.9 Å². The lowest BCUT2D eigenvalue weighted by molar-refractivity contribution is -0.318. The van der Waals surface area contributed by atoms with Crippen LogP contribution >= 0.6 is 71.5 Å². The molecule has 11 heteroatoms. The number of rotatable bonds is 1. The third-order valence-corrected chi connectivity index (χ3v) is 7.63. The molecule has 3 heterocycles. The summed E-state index contributed by atoms with van der Waals surface area (Å²) < 4.78 is 29.1. The molecule has 3 fully saturated rings. The second-order valence-corrected chi connectivity index (χ2v) is 7.64. The van der Waals surface area contributed by atoms with Gasteiger partial charge in [-0.25, -0.2) is 4.57 Å². The number of benzene rings is 1. The molecule has 0 aliphatic carbocycles. The zero-order valence-corrected chi connectivity index (χ0v) is 14.8. The average molecular weight is 516 g/mol. The molecule has 92 valence electrons. The van der Waals surface area contributed by atoms with Crippen LogP contribution in [0.2, 0.25) is 0 Å². The summed E-state index contributed by atoms with van der Waals surface area (Å²) in [6.07, 6.45) is 0. The van der Waals surface area contributed by atoms with Crippen LogP contribution in [0.1, 0.15) is 0 Å². The molecule has 0 unspecified atom stereocenters. The quantitative estimate of drug-likeness (QED) is 0.307. The average Bonchev–Trinajstić information content (AvgIpc) is 2.73. The summed E-state index contributed by atoms with van der Waals surface area (Å²) in [5, 5.41) is 2.07.